The smallest absolute Gasteiger partial charge is 0.309 e. The third-order valence-corrected chi connectivity index (χ3v) is 4.19. The van der Waals surface area contributed by atoms with Gasteiger partial charge in [0.2, 0.25) is 0 Å². The van der Waals surface area contributed by atoms with Gasteiger partial charge in [0.1, 0.15) is 5.75 Å². The van der Waals surface area contributed by atoms with E-state index in [0.717, 1.165) is 0 Å². The first-order chi connectivity index (χ1) is 9.00. The summed E-state index contributed by atoms with van der Waals surface area (Å²) in [6, 6.07) is 6.28. The second kappa shape index (κ2) is 7.23. The Labute approximate surface area is 111 Å². The second-order valence-corrected chi connectivity index (χ2v) is 5.58. The molecular formula is C11H16NO6P. The third-order valence-electron chi connectivity index (χ3n) is 2.16. The molecule has 0 heterocycles. The van der Waals surface area contributed by atoms with E-state index in [1.54, 1.807) is 32.0 Å². The number of hydrogen-bond donors (Lipinski definition) is 0. The molecule has 0 radical (unpaired) electrons. The Morgan fingerprint density at radius 3 is 2.32 bits per heavy atom. The van der Waals surface area contributed by atoms with E-state index < -0.39 is 12.7 Å². The fourth-order valence-electron chi connectivity index (χ4n) is 1.53. The summed E-state index contributed by atoms with van der Waals surface area (Å²) in [6.07, 6.45) is -0.0707. The second-order valence-electron chi connectivity index (χ2n) is 3.53. The van der Waals surface area contributed by atoms with Crippen molar-refractivity contribution >= 4 is 7.60 Å². The van der Waals surface area contributed by atoms with E-state index in [2.05, 4.69) is 4.84 Å². The van der Waals surface area contributed by atoms with Crippen molar-refractivity contribution in [3.05, 3.63) is 39.9 Å². The van der Waals surface area contributed by atoms with Crippen molar-refractivity contribution in [1.82, 2.24) is 0 Å². The van der Waals surface area contributed by atoms with Crippen LogP contribution in [0, 0.1) is 10.1 Å². The number of hydrogen-bond acceptors (Lipinski definition) is 6. The summed E-state index contributed by atoms with van der Waals surface area (Å²) in [5.41, 5.74) is 0.407. The van der Waals surface area contributed by atoms with Crippen LogP contribution in [0.4, 0.5) is 0 Å². The zero-order valence-electron chi connectivity index (χ0n) is 10.8. The predicted octanol–water partition coefficient (Wildman–Crippen LogP) is 3.02. The summed E-state index contributed by atoms with van der Waals surface area (Å²) in [4.78, 5) is 14.8. The Balaban J connectivity index is 2.96. The van der Waals surface area contributed by atoms with Crippen LogP contribution >= 0.6 is 7.60 Å². The van der Waals surface area contributed by atoms with Gasteiger partial charge in [-0.2, -0.15) is 0 Å². The van der Waals surface area contributed by atoms with E-state index in [-0.39, 0.29) is 25.1 Å². The Bertz CT molecular complexity index is 468. The highest BCUT2D eigenvalue weighted by Crippen LogP contribution is 2.52. The largest absolute Gasteiger partial charge is 0.335 e. The summed E-state index contributed by atoms with van der Waals surface area (Å²) in [7, 11) is -3.31. The molecule has 0 unspecified atom stereocenters. The molecule has 0 N–H and O–H groups in total. The van der Waals surface area contributed by atoms with Crippen LogP contribution in [0.25, 0.3) is 0 Å². The summed E-state index contributed by atoms with van der Waals surface area (Å²) < 4.78 is 22.6. The van der Waals surface area contributed by atoms with Gasteiger partial charge in [0.15, 0.2) is 0 Å². The maximum atomic E-state index is 12.4. The van der Waals surface area contributed by atoms with Crippen LogP contribution < -0.4 is 4.84 Å². The maximum Gasteiger partial charge on any atom is 0.335 e. The molecule has 1 aromatic rings. The van der Waals surface area contributed by atoms with Crippen LogP contribution in [-0.4, -0.2) is 18.3 Å². The molecule has 0 aliphatic rings. The lowest BCUT2D eigenvalue weighted by Crippen LogP contribution is -2.07. The van der Waals surface area contributed by atoms with Gasteiger partial charge in [-0.15, -0.1) is 10.1 Å². The lowest BCUT2D eigenvalue weighted by Gasteiger charge is -2.18. The molecular weight excluding hydrogens is 273 g/mol. The van der Waals surface area contributed by atoms with Gasteiger partial charge < -0.3 is 9.05 Å². The molecule has 0 saturated heterocycles. The van der Waals surface area contributed by atoms with Crippen LogP contribution in [0.5, 0.6) is 5.75 Å². The van der Waals surface area contributed by atoms with Gasteiger partial charge in [-0.05, 0) is 25.5 Å². The number of benzene rings is 1. The highest BCUT2D eigenvalue weighted by molar-refractivity contribution is 7.53. The fourth-order valence-corrected chi connectivity index (χ4v) is 3.26. The molecule has 8 heteroatoms. The van der Waals surface area contributed by atoms with Gasteiger partial charge in [0.25, 0.3) is 5.09 Å². The first kappa shape index (κ1) is 15.6. The van der Waals surface area contributed by atoms with Crippen molar-refractivity contribution in [1.29, 1.82) is 0 Å². The molecule has 0 amide bonds. The molecule has 19 heavy (non-hydrogen) atoms. The van der Waals surface area contributed by atoms with Crippen molar-refractivity contribution in [3.8, 4) is 5.75 Å². The zero-order valence-corrected chi connectivity index (χ0v) is 11.7. The molecule has 0 atom stereocenters. The molecule has 7 nitrogen and oxygen atoms in total. The molecule has 106 valence electrons. The summed E-state index contributed by atoms with van der Waals surface area (Å²) in [6.45, 7) is 3.86. The third kappa shape index (κ3) is 4.98. The quantitative estimate of drug-likeness (QED) is 0.415. The lowest BCUT2D eigenvalue weighted by atomic mass is 10.2. The topological polar surface area (TPSA) is 87.9 Å². The van der Waals surface area contributed by atoms with Gasteiger partial charge in [-0.1, -0.05) is 18.2 Å². The van der Waals surface area contributed by atoms with Crippen LogP contribution in [0.3, 0.4) is 0 Å². The minimum atomic E-state index is -3.31. The van der Waals surface area contributed by atoms with Gasteiger partial charge in [-0.25, -0.2) is 0 Å². The Morgan fingerprint density at radius 2 is 1.79 bits per heavy atom. The van der Waals surface area contributed by atoms with Crippen LogP contribution in [0.1, 0.15) is 19.4 Å². The molecule has 0 aromatic heterocycles. The number of nitrogens with zero attached hydrogens (tertiary/aromatic N) is 1. The van der Waals surface area contributed by atoms with Crippen LogP contribution in [-0.2, 0) is 19.8 Å². The van der Waals surface area contributed by atoms with E-state index in [4.69, 9.17) is 9.05 Å². The van der Waals surface area contributed by atoms with E-state index in [1.807, 2.05) is 0 Å². The summed E-state index contributed by atoms with van der Waals surface area (Å²) >= 11 is 0. The van der Waals surface area contributed by atoms with Gasteiger partial charge >= 0.3 is 7.60 Å². The van der Waals surface area contributed by atoms with E-state index in [0.29, 0.717) is 5.56 Å². The van der Waals surface area contributed by atoms with Crippen molar-refractivity contribution in [2.24, 2.45) is 0 Å². The fraction of sp³-hybridized carbons (Fsp3) is 0.455. The predicted molar refractivity (Wildman–Crippen MR) is 68.6 cm³/mol. The minimum absolute atomic E-state index is 0.0344. The molecule has 0 aliphatic carbocycles. The summed E-state index contributed by atoms with van der Waals surface area (Å²) in [5.74, 6) is 0.0344. The highest BCUT2D eigenvalue weighted by Gasteiger charge is 2.25. The molecule has 0 fully saturated rings. The van der Waals surface area contributed by atoms with Gasteiger partial charge in [0.05, 0.1) is 19.4 Å². The van der Waals surface area contributed by atoms with Gasteiger partial charge in [-0.3, -0.25) is 9.40 Å². The monoisotopic (exact) mass is 289 g/mol. The van der Waals surface area contributed by atoms with E-state index in [1.165, 1.54) is 6.07 Å². The molecule has 0 bridgehead atoms. The Hall–Kier alpha value is -1.43. The van der Waals surface area contributed by atoms with Crippen molar-refractivity contribution in [2.75, 3.05) is 13.2 Å². The average molecular weight is 289 g/mol. The summed E-state index contributed by atoms with van der Waals surface area (Å²) in [5, 5.41) is 9.48. The zero-order chi connectivity index (χ0) is 14.3. The molecule has 0 saturated carbocycles. The average Bonchev–Trinajstić information content (AvgIpc) is 2.31. The van der Waals surface area contributed by atoms with E-state index >= 15 is 0 Å². The van der Waals surface area contributed by atoms with E-state index in [9.17, 15) is 14.7 Å². The first-order valence-corrected chi connectivity index (χ1v) is 7.52. The first-order valence-electron chi connectivity index (χ1n) is 5.79. The molecule has 0 aliphatic heterocycles. The van der Waals surface area contributed by atoms with Crippen LogP contribution in [0.2, 0.25) is 0 Å². The SMILES string of the molecule is CCOP(=O)(Cc1ccccc1O[N+](=O)[O-])OCC. The Kier molecular flexibility index (Phi) is 5.95. The molecule has 1 rings (SSSR count). The normalized spacial score (nSPS) is 11.3. The lowest BCUT2D eigenvalue weighted by molar-refractivity contribution is -0.711. The minimum Gasteiger partial charge on any atom is -0.309 e. The number of para-hydroxylation sites is 1. The molecule has 1 aromatic carbocycles. The van der Waals surface area contributed by atoms with Crippen molar-refractivity contribution in [3.63, 3.8) is 0 Å². The van der Waals surface area contributed by atoms with Crippen molar-refractivity contribution in [2.45, 2.75) is 20.0 Å². The maximum absolute atomic E-state index is 12.4. The van der Waals surface area contributed by atoms with Gasteiger partial charge in [0, 0.05) is 0 Å². The number of rotatable bonds is 8. The highest BCUT2D eigenvalue weighted by atomic mass is 31.2. The molecule has 0 spiro atoms. The Morgan fingerprint density at radius 1 is 1.21 bits per heavy atom. The van der Waals surface area contributed by atoms with Crippen molar-refractivity contribution < 1.29 is 23.5 Å². The standard InChI is InChI=1S/C11H16NO6P/c1-3-16-19(15,17-4-2)9-10-7-5-6-8-11(10)18-12(13)14/h5-8H,3-4,9H2,1-2H3. The van der Waals surface area contributed by atoms with Crippen LogP contribution in [0.15, 0.2) is 24.3 Å².